The molecule has 3 aromatic rings. The Bertz CT molecular complexity index is 851. The van der Waals surface area contributed by atoms with Crippen molar-refractivity contribution in [1.29, 1.82) is 0 Å². The zero-order valence-electron chi connectivity index (χ0n) is 15.0. The number of hydrogen-bond acceptors (Lipinski definition) is 5. The van der Waals surface area contributed by atoms with Gasteiger partial charge in [-0.25, -0.2) is 9.97 Å². The predicted molar refractivity (Wildman–Crippen MR) is 104 cm³/mol. The molecule has 1 aliphatic heterocycles. The summed E-state index contributed by atoms with van der Waals surface area (Å²) >= 11 is 0. The zero-order chi connectivity index (χ0) is 17.8. The van der Waals surface area contributed by atoms with E-state index in [4.69, 9.17) is 9.97 Å². The highest BCUT2D eigenvalue weighted by molar-refractivity contribution is 5.65. The number of piperidine rings is 1. The number of likely N-dealkylation sites (tertiary alicyclic amines) is 1. The average Bonchev–Trinajstić information content (AvgIpc) is 2.69. The maximum atomic E-state index is 4.89. The van der Waals surface area contributed by atoms with Gasteiger partial charge in [0.05, 0.1) is 11.7 Å². The molecule has 0 spiro atoms. The first kappa shape index (κ1) is 16.7. The third-order valence-corrected chi connectivity index (χ3v) is 4.82. The van der Waals surface area contributed by atoms with Crippen LogP contribution in [0.3, 0.4) is 0 Å². The summed E-state index contributed by atoms with van der Waals surface area (Å²) in [6, 6.07) is 16.4. The number of para-hydroxylation sites is 1. The van der Waals surface area contributed by atoms with E-state index in [1.807, 2.05) is 54.7 Å². The average molecular weight is 345 g/mol. The molecular formula is C21H23N5. The van der Waals surface area contributed by atoms with Crippen LogP contribution in [0.2, 0.25) is 0 Å². The van der Waals surface area contributed by atoms with Gasteiger partial charge in [0.1, 0.15) is 11.6 Å². The standard InChI is InChI=1S/C21H23N5/c1-26-13-6-5-11-19(26)21-24-18(16-8-7-12-22-15-16)14-20(25-21)23-17-9-3-2-4-10-17/h2-4,7-10,12,14-15,19H,5-6,11,13H2,1H3,(H,23,24,25)/t19-/m1/s1. The van der Waals surface area contributed by atoms with Gasteiger partial charge in [-0.2, -0.15) is 0 Å². The van der Waals surface area contributed by atoms with Crippen LogP contribution in [-0.2, 0) is 0 Å². The smallest absolute Gasteiger partial charge is 0.148 e. The Hall–Kier alpha value is -2.79. The van der Waals surface area contributed by atoms with Gasteiger partial charge in [0.15, 0.2) is 0 Å². The van der Waals surface area contributed by atoms with Crippen molar-refractivity contribution < 1.29 is 0 Å². The number of pyridine rings is 1. The highest BCUT2D eigenvalue weighted by Crippen LogP contribution is 2.30. The maximum absolute atomic E-state index is 4.89. The van der Waals surface area contributed by atoms with Gasteiger partial charge in [-0.1, -0.05) is 24.6 Å². The van der Waals surface area contributed by atoms with Crippen molar-refractivity contribution in [2.24, 2.45) is 0 Å². The van der Waals surface area contributed by atoms with Gasteiger partial charge in [0.25, 0.3) is 0 Å². The van der Waals surface area contributed by atoms with Crippen LogP contribution in [0.1, 0.15) is 31.1 Å². The molecular weight excluding hydrogens is 322 g/mol. The summed E-state index contributed by atoms with van der Waals surface area (Å²) in [5.74, 6) is 1.70. The number of benzene rings is 1. The summed E-state index contributed by atoms with van der Waals surface area (Å²) in [6.07, 6.45) is 7.19. The van der Waals surface area contributed by atoms with Crippen molar-refractivity contribution in [3.63, 3.8) is 0 Å². The molecule has 0 amide bonds. The molecule has 1 aliphatic rings. The van der Waals surface area contributed by atoms with Gasteiger partial charge in [0.2, 0.25) is 0 Å². The highest BCUT2D eigenvalue weighted by atomic mass is 15.2. The Labute approximate surface area is 154 Å². The summed E-state index contributed by atoms with van der Waals surface area (Å²) in [5.41, 5.74) is 2.93. The van der Waals surface area contributed by atoms with E-state index in [1.54, 1.807) is 6.20 Å². The van der Waals surface area contributed by atoms with Crippen molar-refractivity contribution in [2.45, 2.75) is 25.3 Å². The van der Waals surface area contributed by atoms with E-state index in [0.717, 1.165) is 41.6 Å². The lowest BCUT2D eigenvalue weighted by Crippen LogP contribution is -2.31. The van der Waals surface area contributed by atoms with Crippen molar-refractivity contribution in [2.75, 3.05) is 18.9 Å². The molecule has 0 aliphatic carbocycles. The van der Waals surface area contributed by atoms with Gasteiger partial charge < -0.3 is 5.32 Å². The van der Waals surface area contributed by atoms with Gasteiger partial charge in [-0.05, 0) is 50.7 Å². The Morgan fingerprint density at radius 1 is 1.04 bits per heavy atom. The zero-order valence-corrected chi connectivity index (χ0v) is 15.0. The second-order valence-corrected chi connectivity index (χ2v) is 6.72. The Morgan fingerprint density at radius 3 is 2.69 bits per heavy atom. The molecule has 5 nitrogen and oxygen atoms in total. The molecule has 2 aromatic heterocycles. The van der Waals surface area contributed by atoms with Gasteiger partial charge in [0, 0.05) is 29.7 Å². The van der Waals surface area contributed by atoms with Crippen LogP contribution in [0.25, 0.3) is 11.3 Å². The van der Waals surface area contributed by atoms with E-state index in [0.29, 0.717) is 0 Å². The lowest BCUT2D eigenvalue weighted by Gasteiger charge is -2.31. The first-order chi connectivity index (χ1) is 12.8. The fourth-order valence-corrected chi connectivity index (χ4v) is 3.41. The van der Waals surface area contributed by atoms with E-state index in [2.05, 4.69) is 22.2 Å². The van der Waals surface area contributed by atoms with Crippen LogP contribution in [0.5, 0.6) is 0 Å². The molecule has 1 atom stereocenters. The largest absolute Gasteiger partial charge is 0.340 e. The number of rotatable bonds is 4. The van der Waals surface area contributed by atoms with Crippen molar-refractivity contribution in [1.82, 2.24) is 19.9 Å². The van der Waals surface area contributed by atoms with Crippen LogP contribution in [0.15, 0.2) is 60.9 Å². The summed E-state index contributed by atoms with van der Waals surface area (Å²) < 4.78 is 0. The number of anilines is 2. The topological polar surface area (TPSA) is 53.9 Å². The molecule has 3 heterocycles. The third-order valence-electron chi connectivity index (χ3n) is 4.82. The van der Waals surface area contributed by atoms with Gasteiger partial charge in [-0.3, -0.25) is 9.88 Å². The lowest BCUT2D eigenvalue weighted by atomic mass is 10.0. The van der Waals surface area contributed by atoms with E-state index in [9.17, 15) is 0 Å². The lowest BCUT2D eigenvalue weighted by molar-refractivity contribution is 0.179. The van der Waals surface area contributed by atoms with Crippen LogP contribution in [0, 0.1) is 0 Å². The molecule has 26 heavy (non-hydrogen) atoms. The highest BCUT2D eigenvalue weighted by Gasteiger charge is 2.24. The number of aromatic nitrogens is 3. The number of nitrogens with one attached hydrogen (secondary N) is 1. The van der Waals surface area contributed by atoms with Crippen molar-refractivity contribution in [3.05, 3.63) is 66.7 Å². The summed E-state index contributed by atoms with van der Waals surface area (Å²) in [6.45, 7) is 1.09. The quantitative estimate of drug-likeness (QED) is 0.757. The molecule has 1 N–H and O–H groups in total. The fourth-order valence-electron chi connectivity index (χ4n) is 3.41. The Morgan fingerprint density at radius 2 is 1.92 bits per heavy atom. The minimum absolute atomic E-state index is 0.261. The number of hydrogen-bond donors (Lipinski definition) is 1. The number of nitrogens with zero attached hydrogens (tertiary/aromatic N) is 4. The van der Waals surface area contributed by atoms with E-state index >= 15 is 0 Å². The molecule has 1 fully saturated rings. The summed E-state index contributed by atoms with van der Waals surface area (Å²) in [4.78, 5) is 16.3. The van der Waals surface area contributed by atoms with Crippen LogP contribution >= 0.6 is 0 Å². The predicted octanol–water partition coefficient (Wildman–Crippen LogP) is 4.44. The fraction of sp³-hybridized carbons (Fsp3) is 0.286. The molecule has 4 rings (SSSR count). The van der Waals surface area contributed by atoms with E-state index in [1.165, 1.54) is 12.8 Å². The van der Waals surface area contributed by atoms with Gasteiger partial charge >= 0.3 is 0 Å². The first-order valence-corrected chi connectivity index (χ1v) is 9.11. The monoisotopic (exact) mass is 345 g/mol. The molecule has 5 heteroatoms. The summed E-state index contributed by atoms with van der Waals surface area (Å²) in [5, 5.41) is 3.42. The molecule has 0 saturated carbocycles. The summed E-state index contributed by atoms with van der Waals surface area (Å²) in [7, 11) is 2.16. The molecule has 1 aromatic carbocycles. The first-order valence-electron chi connectivity index (χ1n) is 9.11. The SMILES string of the molecule is CN1CCCC[C@@H]1c1nc(Nc2ccccc2)cc(-c2cccnc2)n1. The molecule has 0 unspecified atom stereocenters. The molecule has 0 bridgehead atoms. The van der Waals surface area contributed by atoms with Crippen LogP contribution < -0.4 is 5.32 Å². The minimum Gasteiger partial charge on any atom is -0.340 e. The normalized spacial score (nSPS) is 17.8. The molecule has 0 radical (unpaired) electrons. The second kappa shape index (κ2) is 7.62. The maximum Gasteiger partial charge on any atom is 0.148 e. The van der Waals surface area contributed by atoms with Crippen molar-refractivity contribution in [3.8, 4) is 11.3 Å². The third kappa shape index (κ3) is 3.73. The van der Waals surface area contributed by atoms with Crippen molar-refractivity contribution >= 4 is 11.5 Å². The van der Waals surface area contributed by atoms with E-state index < -0.39 is 0 Å². The Kier molecular flexibility index (Phi) is 4.88. The van der Waals surface area contributed by atoms with Gasteiger partial charge in [-0.15, -0.1) is 0 Å². The van der Waals surface area contributed by atoms with Crippen LogP contribution in [0.4, 0.5) is 11.5 Å². The van der Waals surface area contributed by atoms with E-state index in [-0.39, 0.29) is 6.04 Å². The minimum atomic E-state index is 0.261. The molecule has 132 valence electrons. The van der Waals surface area contributed by atoms with Crippen LogP contribution in [-0.4, -0.2) is 33.4 Å². The Balaban J connectivity index is 1.74. The molecule has 1 saturated heterocycles. The second-order valence-electron chi connectivity index (χ2n) is 6.72.